The maximum absolute atomic E-state index is 5.54. The monoisotopic (exact) mass is 274 g/mol. The minimum atomic E-state index is 0.613. The van der Waals surface area contributed by atoms with Crippen LogP contribution in [0.5, 0.6) is 5.75 Å². The van der Waals surface area contributed by atoms with E-state index in [1.54, 1.807) is 0 Å². The van der Waals surface area contributed by atoms with Crippen molar-refractivity contribution in [2.45, 2.75) is 26.8 Å². The molecule has 0 saturated carbocycles. The summed E-state index contributed by atoms with van der Waals surface area (Å²) in [6.45, 7) is 11.0. The average molecular weight is 274 g/mol. The highest BCUT2D eigenvalue weighted by molar-refractivity contribution is 5.51. The van der Waals surface area contributed by atoms with Gasteiger partial charge in [-0.1, -0.05) is 13.8 Å². The van der Waals surface area contributed by atoms with E-state index in [0.717, 1.165) is 43.2 Å². The van der Waals surface area contributed by atoms with Crippen molar-refractivity contribution in [3.8, 4) is 5.75 Å². The number of hydrogen-bond acceptors (Lipinski definition) is 3. The van der Waals surface area contributed by atoms with Gasteiger partial charge in [-0.25, -0.2) is 0 Å². The van der Waals surface area contributed by atoms with Crippen LogP contribution in [-0.4, -0.2) is 32.3 Å². The topological polar surface area (TPSA) is 24.5 Å². The molecule has 1 aromatic rings. The quantitative estimate of drug-likeness (QED) is 0.917. The summed E-state index contributed by atoms with van der Waals surface area (Å²) in [6, 6.07) is 9.23. The van der Waals surface area contributed by atoms with E-state index in [2.05, 4.69) is 48.3 Å². The lowest BCUT2D eigenvalue weighted by atomic mass is 9.76. The molecule has 3 fully saturated rings. The fourth-order valence-corrected chi connectivity index (χ4v) is 3.78. The number of fused-ring (bicyclic) bond motifs is 4. The third-order valence-electron chi connectivity index (χ3n) is 5.25. The van der Waals surface area contributed by atoms with Gasteiger partial charge in [0.1, 0.15) is 5.75 Å². The normalized spacial score (nSPS) is 33.0. The van der Waals surface area contributed by atoms with Crippen LogP contribution in [0.1, 0.15) is 20.8 Å². The van der Waals surface area contributed by atoms with Gasteiger partial charge in [-0.15, -0.1) is 0 Å². The Balaban J connectivity index is 1.83. The molecule has 3 heterocycles. The second-order valence-electron chi connectivity index (χ2n) is 6.28. The Morgan fingerprint density at radius 1 is 1.15 bits per heavy atom. The molecule has 0 amide bonds. The van der Waals surface area contributed by atoms with Gasteiger partial charge in [-0.05, 0) is 55.5 Å². The first-order valence-electron chi connectivity index (χ1n) is 7.91. The molecule has 4 rings (SSSR count). The van der Waals surface area contributed by atoms with E-state index in [9.17, 15) is 0 Å². The summed E-state index contributed by atoms with van der Waals surface area (Å²) in [5.74, 6) is 3.29. The fourth-order valence-electron chi connectivity index (χ4n) is 3.78. The zero-order valence-corrected chi connectivity index (χ0v) is 12.8. The average Bonchev–Trinajstić information content (AvgIpc) is 2.75. The lowest BCUT2D eigenvalue weighted by molar-refractivity contribution is 0.209. The van der Waals surface area contributed by atoms with Crippen LogP contribution < -0.4 is 15.0 Å². The Hall–Kier alpha value is -1.22. The lowest BCUT2D eigenvalue weighted by Gasteiger charge is -2.45. The molecule has 1 aromatic carbocycles. The molecular formula is C17H26N2O. The van der Waals surface area contributed by atoms with E-state index in [4.69, 9.17) is 4.74 Å². The maximum atomic E-state index is 5.54. The van der Waals surface area contributed by atoms with E-state index in [1.165, 1.54) is 12.2 Å². The van der Waals surface area contributed by atoms with E-state index in [-0.39, 0.29) is 0 Å². The summed E-state index contributed by atoms with van der Waals surface area (Å²) in [5, 5.41) is 3.64. The molecule has 0 spiro atoms. The third-order valence-corrected chi connectivity index (χ3v) is 5.25. The Kier molecular flexibility index (Phi) is 3.88. The molecule has 110 valence electrons. The molecule has 3 aliphatic rings. The highest BCUT2D eigenvalue weighted by atomic mass is 16.5. The summed E-state index contributed by atoms with van der Waals surface area (Å²) in [5.41, 5.74) is 1.34. The van der Waals surface area contributed by atoms with Crippen LogP contribution in [0.25, 0.3) is 0 Å². The van der Waals surface area contributed by atoms with Crippen molar-refractivity contribution >= 4 is 5.69 Å². The largest absolute Gasteiger partial charge is 0.494 e. The summed E-state index contributed by atoms with van der Waals surface area (Å²) >= 11 is 0. The smallest absolute Gasteiger partial charge is 0.119 e. The van der Waals surface area contributed by atoms with Crippen LogP contribution in [-0.2, 0) is 0 Å². The van der Waals surface area contributed by atoms with Gasteiger partial charge in [-0.2, -0.15) is 0 Å². The standard InChI is InChI=1S/C17H26N2O/c1-4-20-16-7-5-15(6-8-16)19-11-14-9-18-10-17(19)13(3)12(14)2/h5-8,12-14,17-18H,4,9-11H2,1-3H3/t12?,13?,14-,17-/m1/s1. The molecule has 0 aromatic heterocycles. The van der Waals surface area contributed by atoms with Crippen molar-refractivity contribution in [1.82, 2.24) is 5.32 Å². The van der Waals surface area contributed by atoms with E-state index in [0.29, 0.717) is 6.04 Å². The highest BCUT2D eigenvalue weighted by Crippen LogP contribution is 2.37. The summed E-state index contributed by atoms with van der Waals surface area (Å²) in [6.07, 6.45) is 0. The van der Waals surface area contributed by atoms with E-state index in [1.807, 2.05) is 6.92 Å². The van der Waals surface area contributed by atoms with Crippen LogP contribution in [0.4, 0.5) is 5.69 Å². The molecule has 0 aliphatic carbocycles. The Morgan fingerprint density at radius 2 is 1.90 bits per heavy atom. The van der Waals surface area contributed by atoms with Gasteiger partial charge in [0.2, 0.25) is 0 Å². The van der Waals surface area contributed by atoms with Crippen molar-refractivity contribution in [1.29, 1.82) is 0 Å². The fraction of sp³-hybridized carbons (Fsp3) is 0.647. The van der Waals surface area contributed by atoms with Crippen molar-refractivity contribution in [3.63, 3.8) is 0 Å². The number of piperidine rings is 1. The van der Waals surface area contributed by atoms with Crippen LogP contribution in [0.2, 0.25) is 0 Å². The Morgan fingerprint density at radius 3 is 2.60 bits per heavy atom. The molecule has 3 nitrogen and oxygen atoms in total. The molecule has 3 heteroatoms. The molecule has 1 N–H and O–H groups in total. The molecular weight excluding hydrogens is 248 g/mol. The van der Waals surface area contributed by atoms with E-state index >= 15 is 0 Å². The molecule has 20 heavy (non-hydrogen) atoms. The molecule has 3 aliphatic heterocycles. The highest BCUT2D eigenvalue weighted by Gasteiger charge is 2.41. The SMILES string of the molecule is CCOc1ccc(N2C[C@H]3CNC[C@@H]2C(C)C3C)cc1. The van der Waals surface area contributed by atoms with Gasteiger partial charge in [0, 0.05) is 24.8 Å². The number of benzene rings is 1. The number of hydrogen-bond donors (Lipinski definition) is 1. The minimum Gasteiger partial charge on any atom is -0.494 e. The summed E-state index contributed by atoms with van der Waals surface area (Å²) in [4.78, 5) is 2.60. The van der Waals surface area contributed by atoms with Gasteiger partial charge in [-0.3, -0.25) is 0 Å². The van der Waals surface area contributed by atoms with Crippen molar-refractivity contribution < 1.29 is 4.74 Å². The van der Waals surface area contributed by atoms with Crippen molar-refractivity contribution in [2.75, 3.05) is 31.1 Å². The van der Waals surface area contributed by atoms with Gasteiger partial charge < -0.3 is 15.0 Å². The summed E-state index contributed by atoms with van der Waals surface area (Å²) < 4.78 is 5.54. The van der Waals surface area contributed by atoms with Crippen molar-refractivity contribution in [3.05, 3.63) is 24.3 Å². The Bertz CT molecular complexity index is 443. The predicted octanol–water partition coefficient (Wildman–Crippen LogP) is 2.77. The zero-order valence-electron chi connectivity index (χ0n) is 12.8. The van der Waals surface area contributed by atoms with Gasteiger partial charge in [0.05, 0.1) is 6.61 Å². The summed E-state index contributed by atoms with van der Waals surface area (Å²) in [7, 11) is 0. The number of nitrogens with zero attached hydrogens (tertiary/aromatic N) is 1. The molecule has 4 atom stereocenters. The molecule has 2 unspecified atom stereocenters. The number of anilines is 1. The van der Waals surface area contributed by atoms with Crippen molar-refractivity contribution in [2.24, 2.45) is 17.8 Å². The first kappa shape index (κ1) is 13.7. The molecule has 3 saturated heterocycles. The van der Waals surface area contributed by atoms with Gasteiger partial charge in [0.25, 0.3) is 0 Å². The predicted molar refractivity (Wildman–Crippen MR) is 83.4 cm³/mol. The Labute approximate surface area is 122 Å². The molecule has 2 bridgehead atoms. The van der Waals surface area contributed by atoms with Gasteiger partial charge in [0.15, 0.2) is 0 Å². The number of rotatable bonds is 3. The zero-order chi connectivity index (χ0) is 14.1. The first-order valence-corrected chi connectivity index (χ1v) is 7.91. The van der Waals surface area contributed by atoms with E-state index < -0.39 is 0 Å². The van der Waals surface area contributed by atoms with Crippen LogP contribution in [0.15, 0.2) is 24.3 Å². The number of ether oxygens (including phenoxy) is 1. The maximum Gasteiger partial charge on any atom is 0.119 e. The van der Waals surface area contributed by atoms with Gasteiger partial charge >= 0.3 is 0 Å². The first-order chi connectivity index (χ1) is 9.70. The van der Waals surface area contributed by atoms with Crippen LogP contribution in [0, 0.1) is 17.8 Å². The molecule has 0 radical (unpaired) electrons. The van der Waals surface area contributed by atoms with Crippen LogP contribution >= 0.6 is 0 Å². The lowest BCUT2D eigenvalue weighted by Crippen LogP contribution is -2.52. The second-order valence-corrected chi connectivity index (χ2v) is 6.28. The number of nitrogens with one attached hydrogen (secondary N) is 1. The third kappa shape index (κ3) is 2.39. The minimum absolute atomic E-state index is 0.613. The second kappa shape index (κ2) is 5.65. The van der Waals surface area contributed by atoms with Crippen LogP contribution in [0.3, 0.4) is 0 Å².